The molecule has 1 atom stereocenters. The molecule has 3 aromatic rings. The first-order valence-electron chi connectivity index (χ1n) is 18.9. The zero-order chi connectivity index (χ0) is 40.5. The van der Waals surface area contributed by atoms with Gasteiger partial charge in [-0.1, -0.05) is 60.1 Å². The number of rotatable bonds is 13. The number of allylic oxidation sites excluding steroid dienone is 4. The Morgan fingerprint density at radius 1 is 0.909 bits per heavy atom. The number of unbranched alkanes of at least 4 members (excludes halogenated alkanes) is 1. The average molecular weight is 791 g/mol. The van der Waals surface area contributed by atoms with Crippen LogP contribution in [0.5, 0.6) is 0 Å². The van der Waals surface area contributed by atoms with Crippen molar-refractivity contribution in [1.82, 2.24) is 0 Å². The maximum absolute atomic E-state index is 12.7. The Morgan fingerprint density at radius 2 is 1.60 bits per heavy atom. The van der Waals surface area contributed by atoms with Crippen molar-refractivity contribution in [3.8, 4) is 0 Å². The van der Waals surface area contributed by atoms with Crippen molar-refractivity contribution in [2.75, 3.05) is 23.7 Å². The highest BCUT2D eigenvalue weighted by Crippen LogP contribution is 2.57. The first kappa shape index (κ1) is 40.5. The molecule has 0 amide bonds. The maximum atomic E-state index is 12.7. The fraction of sp³-hybridized carbons (Fsp3) is 0.452. The normalized spacial score (nSPS) is 20.8. The first-order valence-corrected chi connectivity index (χ1v) is 22.0. The number of benzene rings is 3. The van der Waals surface area contributed by atoms with Crippen molar-refractivity contribution in [3.63, 3.8) is 0 Å². The zero-order valence-corrected chi connectivity index (χ0v) is 34.5. The smallest absolute Gasteiger partial charge is 0.336 e. The molecule has 0 saturated heterocycles. The standard InChI is InChI=1S/C42H51N3O8S2/c1-9-11-22-45-31-19-17-27-16-18-28(55(51,52)53)24-29(27)35(31)42(8,20-13-23-54(48,49)50)34(45)15-12-14-33-41(6,7)37-32(44(33)21-10-2)25-30(39(46)47)36-38(37)43-26(3)40(36,4)5/h12,14-19,24-25H,9-11,13,20-23H2,1-8H3,(H2-,46,47,48,49,50,51,52,53)/p+1. The second-order valence-corrected chi connectivity index (χ2v) is 19.3. The van der Waals surface area contributed by atoms with Crippen molar-refractivity contribution in [1.29, 1.82) is 0 Å². The quantitative estimate of drug-likeness (QED) is 0.114. The van der Waals surface area contributed by atoms with Crippen LogP contribution in [-0.4, -0.2) is 71.9 Å². The lowest BCUT2D eigenvalue weighted by molar-refractivity contribution is -0.438. The Morgan fingerprint density at radius 3 is 2.22 bits per heavy atom. The highest BCUT2D eigenvalue weighted by molar-refractivity contribution is 7.86. The summed E-state index contributed by atoms with van der Waals surface area (Å²) in [7, 11) is -8.77. The fourth-order valence-electron chi connectivity index (χ4n) is 8.97. The lowest BCUT2D eigenvalue weighted by Gasteiger charge is -2.27. The van der Waals surface area contributed by atoms with E-state index in [2.05, 4.69) is 43.2 Å². The molecule has 11 nitrogen and oxygen atoms in total. The van der Waals surface area contributed by atoms with Gasteiger partial charge in [-0.3, -0.25) is 14.1 Å². The summed E-state index contributed by atoms with van der Waals surface area (Å²) in [6.07, 6.45) is 9.14. The zero-order valence-electron chi connectivity index (χ0n) is 32.9. The third kappa shape index (κ3) is 6.87. The molecular formula is C42H52N3O8S2+. The van der Waals surface area contributed by atoms with Crippen LogP contribution < -0.4 is 4.90 Å². The Bertz CT molecular complexity index is 2480. The molecule has 3 aliphatic heterocycles. The van der Waals surface area contributed by atoms with Crippen LogP contribution in [0.1, 0.15) is 115 Å². The van der Waals surface area contributed by atoms with E-state index in [1.807, 2.05) is 52.0 Å². The van der Waals surface area contributed by atoms with E-state index in [1.54, 1.807) is 12.1 Å². The monoisotopic (exact) mass is 790 g/mol. The maximum Gasteiger partial charge on any atom is 0.336 e. The predicted octanol–water partition coefficient (Wildman–Crippen LogP) is 8.64. The van der Waals surface area contributed by atoms with Crippen LogP contribution in [0, 0.1) is 0 Å². The first-order chi connectivity index (χ1) is 25.6. The van der Waals surface area contributed by atoms with E-state index in [0.717, 1.165) is 75.5 Å². The Hall–Kier alpha value is -4.17. The van der Waals surface area contributed by atoms with E-state index in [1.165, 1.54) is 12.1 Å². The second kappa shape index (κ2) is 14.1. The number of anilines is 1. The number of carboxylic acids is 1. The van der Waals surface area contributed by atoms with E-state index in [9.17, 15) is 35.8 Å². The lowest BCUT2D eigenvalue weighted by Crippen LogP contribution is -2.32. The molecule has 0 spiro atoms. The minimum absolute atomic E-state index is 0.142. The summed E-state index contributed by atoms with van der Waals surface area (Å²) in [6, 6.07) is 10.2. The number of carbonyl (C=O) groups is 1. The van der Waals surface area contributed by atoms with E-state index in [-0.39, 0.29) is 16.9 Å². The second-order valence-electron chi connectivity index (χ2n) is 16.3. The lowest BCUT2D eigenvalue weighted by atomic mass is 9.74. The summed E-state index contributed by atoms with van der Waals surface area (Å²) in [5, 5.41) is 11.8. The third-order valence-electron chi connectivity index (χ3n) is 11.9. The molecule has 0 radical (unpaired) electrons. The van der Waals surface area contributed by atoms with Gasteiger partial charge in [0.1, 0.15) is 6.54 Å². The summed E-state index contributed by atoms with van der Waals surface area (Å²) in [5.74, 6) is -1.42. The molecule has 1 unspecified atom stereocenters. The van der Waals surface area contributed by atoms with E-state index in [0.29, 0.717) is 24.9 Å². The topological polar surface area (TPSA) is 165 Å². The molecule has 0 saturated carbocycles. The number of aliphatic imine (C=N–C) groups is 1. The molecule has 6 rings (SSSR count). The van der Waals surface area contributed by atoms with Crippen LogP contribution in [0.4, 0.5) is 17.1 Å². The van der Waals surface area contributed by atoms with E-state index >= 15 is 0 Å². The van der Waals surface area contributed by atoms with E-state index < -0.39 is 48.2 Å². The molecule has 294 valence electrons. The molecule has 0 aromatic heterocycles. The average Bonchev–Trinajstić information content (AvgIpc) is 3.56. The van der Waals surface area contributed by atoms with Crippen LogP contribution in [0.25, 0.3) is 10.8 Å². The molecule has 3 heterocycles. The van der Waals surface area contributed by atoms with Crippen LogP contribution in [0.3, 0.4) is 0 Å². The van der Waals surface area contributed by atoms with Crippen LogP contribution in [0.2, 0.25) is 0 Å². The minimum Gasteiger partial charge on any atom is -0.478 e. The number of nitrogens with zero attached hydrogens (tertiary/aromatic N) is 3. The SMILES string of the molecule is CCCC[N+]1=C(/C=C/C=C2/N(CCC)c3cc(C(=O)O)c4c(c3C2(C)C)N=C(C)C4(C)C)C(C)(CCCS(=O)(=O)O)c2c1ccc1ccc(S(=O)(=O)O)cc21. The van der Waals surface area contributed by atoms with Gasteiger partial charge in [-0.25, -0.2) is 4.79 Å². The van der Waals surface area contributed by atoms with Crippen molar-refractivity contribution in [2.45, 2.75) is 109 Å². The number of hydrogen-bond acceptors (Lipinski definition) is 7. The minimum atomic E-state index is -4.51. The molecule has 13 heteroatoms. The molecule has 3 aromatic carbocycles. The van der Waals surface area contributed by atoms with Gasteiger partial charge < -0.3 is 10.0 Å². The van der Waals surface area contributed by atoms with Crippen molar-refractivity contribution in [2.24, 2.45) is 4.99 Å². The van der Waals surface area contributed by atoms with Crippen LogP contribution >= 0.6 is 0 Å². The molecule has 0 fully saturated rings. The summed E-state index contributed by atoms with van der Waals surface area (Å²) in [5.41, 5.74) is 6.04. The third-order valence-corrected chi connectivity index (χ3v) is 13.6. The molecule has 0 bridgehead atoms. The summed E-state index contributed by atoms with van der Waals surface area (Å²) in [4.78, 5) is 19.7. The largest absolute Gasteiger partial charge is 0.478 e. The van der Waals surface area contributed by atoms with Crippen molar-refractivity contribution < 1.29 is 40.4 Å². The highest BCUT2D eigenvalue weighted by Gasteiger charge is 2.50. The molecule has 0 aliphatic carbocycles. The summed E-state index contributed by atoms with van der Waals surface area (Å²) >= 11 is 0. The molecule has 3 aliphatic rings. The summed E-state index contributed by atoms with van der Waals surface area (Å²) in [6.45, 7) is 17.8. The van der Waals surface area contributed by atoms with Gasteiger partial charge in [0.25, 0.3) is 20.2 Å². The van der Waals surface area contributed by atoms with E-state index in [4.69, 9.17) is 4.99 Å². The van der Waals surface area contributed by atoms with Gasteiger partial charge in [-0.15, -0.1) is 0 Å². The van der Waals surface area contributed by atoms with Gasteiger partial charge >= 0.3 is 5.97 Å². The van der Waals surface area contributed by atoms with Gasteiger partial charge in [0.15, 0.2) is 5.71 Å². The Balaban J connectivity index is 1.55. The van der Waals surface area contributed by atoms with Gasteiger partial charge in [0, 0.05) is 69.7 Å². The number of aromatic carboxylic acids is 1. The van der Waals surface area contributed by atoms with Crippen molar-refractivity contribution in [3.05, 3.63) is 82.6 Å². The summed E-state index contributed by atoms with van der Waals surface area (Å²) < 4.78 is 70.4. The van der Waals surface area contributed by atoms with Crippen molar-refractivity contribution >= 4 is 65.5 Å². The predicted molar refractivity (Wildman–Crippen MR) is 219 cm³/mol. The number of fused-ring (bicyclic) bond motifs is 6. The van der Waals surface area contributed by atoms with Crippen LogP contribution in [0.15, 0.2) is 70.2 Å². The van der Waals surface area contributed by atoms with Gasteiger partial charge in [-0.05, 0) is 74.2 Å². The highest BCUT2D eigenvalue weighted by atomic mass is 32.2. The molecule has 3 N–H and O–H groups in total. The number of carboxylic acid groups (broad SMARTS) is 1. The molecular weight excluding hydrogens is 739 g/mol. The van der Waals surface area contributed by atoms with Gasteiger partial charge in [0.2, 0.25) is 5.69 Å². The fourth-order valence-corrected chi connectivity index (χ4v) is 9.99. The number of hydrogen-bond donors (Lipinski definition) is 3. The van der Waals surface area contributed by atoms with Crippen LogP contribution in [-0.2, 0) is 36.5 Å². The van der Waals surface area contributed by atoms with Gasteiger partial charge in [0.05, 0.1) is 27.3 Å². The Kier molecular flexibility index (Phi) is 10.4. The Labute approximate surface area is 324 Å². The molecule has 55 heavy (non-hydrogen) atoms. The van der Waals surface area contributed by atoms with Gasteiger partial charge in [-0.2, -0.15) is 21.4 Å².